The molecule has 8 heteroatoms. The monoisotopic (exact) mass is 330 g/mol. The second-order valence-corrected chi connectivity index (χ2v) is 5.74. The number of carbonyl (C=O) groups is 1. The molecule has 1 aromatic rings. The van der Waals surface area contributed by atoms with Crippen molar-refractivity contribution in [2.24, 2.45) is 11.0 Å². The normalized spacial score (nSPS) is 27.6. The Hall–Kier alpha value is -1.96. The zero-order valence-corrected chi connectivity index (χ0v) is 12.0. The van der Waals surface area contributed by atoms with Crippen LogP contribution in [0, 0.1) is 11.7 Å². The highest BCUT2D eigenvalue weighted by atomic mass is 19.4. The quantitative estimate of drug-likeness (QED) is 0.805. The predicted octanol–water partition coefficient (Wildman–Crippen LogP) is 3.08. The fourth-order valence-electron chi connectivity index (χ4n) is 3.16. The Bertz CT molecular complexity index is 674. The van der Waals surface area contributed by atoms with E-state index >= 15 is 0 Å². The summed E-state index contributed by atoms with van der Waals surface area (Å²) in [4.78, 5) is 12.4. The van der Waals surface area contributed by atoms with Gasteiger partial charge in [0.15, 0.2) is 0 Å². The summed E-state index contributed by atoms with van der Waals surface area (Å²) in [5, 5.41) is 14.2. The molecular formula is C15H14F4N2O2. The van der Waals surface area contributed by atoms with Crippen LogP contribution >= 0.6 is 0 Å². The van der Waals surface area contributed by atoms with Crippen LogP contribution in [0.4, 0.5) is 17.6 Å². The molecule has 1 saturated carbocycles. The molecule has 23 heavy (non-hydrogen) atoms. The van der Waals surface area contributed by atoms with Gasteiger partial charge in [0.2, 0.25) is 0 Å². The molecule has 2 atom stereocenters. The van der Waals surface area contributed by atoms with E-state index in [4.69, 9.17) is 0 Å². The van der Waals surface area contributed by atoms with E-state index in [-0.39, 0.29) is 22.7 Å². The maximum absolute atomic E-state index is 13.5. The molecule has 0 radical (unpaired) electrons. The lowest BCUT2D eigenvalue weighted by Gasteiger charge is -2.38. The van der Waals surface area contributed by atoms with Crippen molar-refractivity contribution in [3.05, 3.63) is 35.6 Å². The second-order valence-electron chi connectivity index (χ2n) is 5.74. The Balaban J connectivity index is 2.05. The summed E-state index contributed by atoms with van der Waals surface area (Å²) < 4.78 is 53.8. The van der Waals surface area contributed by atoms with Gasteiger partial charge in [0.05, 0.1) is 5.92 Å². The van der Waals surface area contributed by atoms with Crippen molar-refractivity contribution in [3.63, 3.8) is 0 Å². The maximum atomic E-state index is 13.5. The van der Waals surface area contributed by atoms with Gasteiger partial charge in [-0.05, 0) is 37.5 Å². The van der Waals surface area contributed by atoms with Crippen molar-refractivity contribution < 1.29 is 27.5 Å². The molecule has 2 aliphatic rings. The van der Waals surface area contributed by atoms with Crippen molar-refractivity contribution in [2.75, 3.05) is 0 Å². The maximum Gasteiger partial charge on any atom is 0.439 e. The Morgan fingerprint density at radius 3 is 2.74 bits per heavy atom. The van der Waals surface area contributed by atoms with E-state index in [1.807, 2.05) is 0 Å². The number of fused-ring (bicyclic) bond motifs is 1. The smallest absolute Gasteiger partial charge is 0.362 e. The third-order valence-electron chi connectivity index (χ3n) is 4.30. The zero-order valence-electron chi connectivity index (χ0n) is 12.0. The van der Waals surface area contributed by atoms with Crippen LogP contribution in [0.5, 0.6) is 0 Å². The molecule has 1 fully saturated rings. The number of benzene rings is 1. The van der Waals surface area contributed by atoms with Crippen LogP contribution in [0.25, 0.3) is 0 Å². The standard InChI is InChI=1S/C15H14F4N2O2/c16-10-5-3-4-9(8-10)13(22)21-14(23,15(17,18)19)11-6-1-2-7-12(11)20-21/h3-5,8,11,23H,1-2,6-7H2/t11-,14-/m0/s1. The van der Waals surface area contributed by atoms with Crippen LogP contribution in [0.1, 0.15) is 36.0 Å². The van der Waals surface area contributed by atoms with Crippen molar-refractivity contribution in [1.29, 1.82) is 0 Å². The van der Waals surface area contributed by atoms with Crippen LogP contribution in [-0.4, -0.2) is 33.6 Å². The van der Waals surface area contributed by atoms with Gasteiger partial charge in [0.1, 0.15) is 5.82 Å². The third-order valence-corrected chi connectivity index (χ3v) is 4.30. The average Bonchev–Trinajstić information content (AvgIpc) is 2.81. The fourth-order valence-corrected chi connectivity index (χ4v) is 3.16. The lowest BCUT2D eigenvalue weighted by atomic mass is 9.80. The lowest BCUT2D eigenvalue weighted by molar-refractivity contribution is -0.312. The number of aliphatic hydroxyl groups is 1. The fraction of sp³-hybridized carbons (Fsp3) is 0.467. The SMILES string of the molecule is O=C(c1cccc(F)c1)N1N=C2CCCC[C@@H]2[C@]1(O)C(F)(F)F. The van der Waals surface area contributed by atoms with Crippen LogP contribution in [0.3, 0.4) is 0 Å². The number of halogens is 4. The summed E-state index contributed by atoms with van der Waals surface area (Å²) >= 11 is 0. The van der Waals surface area contributed by atoms with Crippen molar-refractivity contribution in [1.82, 2.24) is 5.01 Å². The summed E-state index contributed by atoms with van der Waals surface area (Å²) in [5.41, 5.74) is -3.51. The Morgan fingerprint density at radius 1 is 1.35 bits per heavy atom. The second kappa shape index (κ2) is 5.30. The van der Waals surface area contributed by atoms with E-state index in [1.54, 1.807) is 0 Å². The molecule has 1 aliphatic heterocycles. The first-order valence-electron chi connectivity index (χ1n) is 7.21. The number of carbonyl (C=O) groups excluding carboxylic acids is 1. The van der Waals surface area contributed by atoms with E-state index in [1.165, 1.54) is 12.1 Å². The lowest BCUT2D eigenvalue weighted by Crippen LogP contribution is -2.61. The molecule has 0 saturated heterocycles. The van der Waals surface area contributed by atoms with Gasteiger partial charge in [0, 0.05) is 11.3 Å². The predicted molar refractivity (Wildman–Crippen MR) is 73.0 cm³/mol. The van der Waals surface area contributed by atoms with Crippen molar-refractivity contribution >= 4 is 11.6 Å². The summed E-state index contributed by atoms with van der Waals surface area (Å²) in [7, 11) is 0. The number of hydrazone groups is 1. The Kier molecular flexibility index (Phi) is 3.66. The first-order chi connectivity index (χ1) is 10.7. The minimum Gasteiger partial charge on any atom is -0.362 e. The number of amides is 1. The van der Waals surface area contributed by atoms with Gasteiger partial charge in [-0.2, -0.15) is 23.3 Å². The van der Waals surface area contributed by atoms with E-state index in [0.29, 0.717) is 19.3 Å². The Morgan fingerprint density at radius 2 is 2.09 bits per heavy atom. The van der Waals surface area contributed by atoms with Crippen molar-refractivity contribution in [2.45, 2.75) is 37.6 Å². The summed E-state index contributed by atoms with van der Waals surface area (Å²) in [5.74, 6) is -3.20. The van der Waals surface area contributed by atoms with Gasteiger partial charge < -0.3 is 5.11 Å². The van der Waals surface area contributed by atoms with Crippen LogP contribution in [-0.2, 0) is 0 Å². The molecule has 0 spiro atoms. The van der Waals surface area contributed by atoms with Gasteiger partial charge in [-0.15, -0.1) is 0 Å². The van der Waals surface area contributed by atoms with Crippen LogP contribution in [0.15, 0.2) is 29.4 Å². The number of alkyl halides is 3. The van der Waals surface area contributed by atoms with E-state index < -0.39 is 29.5 Å². The number of rotatable bonds is 1. The van der Waals surface area contributed by atoms with Gasteiger partial charge >= 0.3 is 6.18 Å². The first-order valence-corrected chi connectivity index (χ1v) is 7.21. The van der Waals surface area contributed by atoms with Crippen LogP contribution < -0.4 is 0 Å². The summed E-state index contributed by atoms with van der Waals surface area (Å²) in [6.45, 7) is 0. The zero-order chi connectivity index (χ0) is 16.8. The highest BCUT2D eigenvalue weighted by Crippen LogP contribution is 2.48. The van der Waals surface area contributed by atoms with E-state index in [2.05, 4.69) is 5.10 Å². The summed E-state index contributed by atoms with van der Waals surface area (Å²) in [6.07, 6.45) is -3.49. The molecule has 0 bridgehead atoms. The number of hydrogen-bond donors (Lipinski definition) is 1. The molecule has 1 heterocycles. The molecule has 3 rings (SSSR count). The number of nitrogens with zero attached hydrogens (tertiary/aromatic N) is 2. The van der Waals surface area contributed by atoms with Gasteiger partial charge in [-0.3, -0.25) is 4.79 Å². The third kappa shape index (κ3) is 2.41. The van der Waals surface area contributed by atoms with Crippen molar-refractivity contribution in [3.8, 4) is 0 Å². The Labute approximate surface area is 129 Å². The molecule has 4 nitrogen and oxygen atoms in total. The molecule has 0 unspecified atom stereocenters. The van der Waals surface area contributed by atoms with Gasteiger partial charge in [0.25, 0.3) is 11.6 Å². The minimum absolute atomic E-state index is 0.0765. The molecule has 1 aromatic carbocycles. The largest absolute Gasteiger partial charge is 0.439 e. The average molecular weight is 330 g/mol. The highest BCUT2D eigenvalue weighted by molar-refractivity contribution is 5.99. The summed E-state index contributed by atoms with van der Waals surface area (Å²) in [6, 6.07) is 4.29. The highest BCUT2D eigenvalue weighted by Gasteiger charge is 2.68. The number of hydrogen-bond acceptors (Lipinski definition) is 3. The molecule has 0 aromatic heterocycles. The van der Waals surface area contributed by atoms with E-state index in [9.17, 15) is 27.5 Å². The topological polar surface area (TPSA) is 52.9 Å². The van der Waals surface area contributed by atoms with E-state index in [0.717, 1.165) is 12.1 Å². The van der Waals surface area contributed by atoms with Gasteiger partial charge in [-0.25, -0.2) is 4.39 Å². The molecule has 1 N–H and O–H groups in total. The first kappa shape index (κ1) is 15.9. The molecular weight excluding hydrogens is 316 g/mol. The minimum atomic E-state index is -5.07. The molecule has 1 amide bonds. The molecule has 124 valence electrons. The molecule has 1 aliphatic carbocycles. The van der Waals surface area contributed by atoms with Gasteiger partial charge in [-0.1, -0.05) is 12.5 Å². The van der Waals surface area contributed by atoms with Crippen LogP contribution in [0.2, 0.25) is 0 Å².